The van der Waals surface area contributed by atoms with Gasteiger partial charge in [-0.3, -0.25) is 0 Å². The van der Waals surface area contributed by atoms with Gasteiger partial charge < -0.3 is 0 Å². The van der Waals surface area contributed by atoms with E-state index in [4.69, 9.17) is 0 Å². The molecular weight excluding hydrogens is 192 g/mol. The predicted octanol–water partition coefficient (Wildman–Crippen LogP) is 5.82. The summed E-state index contributed by atoms with van der Waals surface area (Å²) in [5, 5.41) is 0. The second-order valence-electron chi connectivity index (χ2n) is 4.87. The highest BCUT2D eigenvalue weighted by atomic mass is 14.0. The van der Waals surface area contributed by atoms with Crippen LogP contribution < -0.4 is 0 Å². The third-order valence-corrected chi connectivity index (χ3v) is 2.68. The van der Waals surface area contributed by atoms with E-state index in [2.05, 4.69) is 52.8 Å². The van der Waals surface area contributed by atoms with E-state index in [0.29, 0.717) is 0 Å². The van der Waals surface area contributed by atoms with E-state index in [9.17, 15) is 0 Å². The predicted molar refractivity (Wildman–Crippen MR) is 75.7 cm³/mol. The van der Waals surface area contributed by atoms with E-state index in [-0.39, 0.29) is 0 Å². The molecule has 16 heavy (non-hydrogen) atoms. The van der Waals surface area contributed by atoms with Crippen molar-refractivity contribution in [1.82, 2.24) is 0 Å². The van der Waals surface area contributed by atoms with Crippen LogP contribution >= 0.6 is 0 Å². The smallest absolute Gasteiger partial charge is 0.0288 e. The van der Waals surface area contributed by atoms with E-state index >= 15 is 0 Å². The molecule has 0 aromatic carbocycles. The van der Waals surface area contributed by atoms with Crippen LogP contribution in [0.1, 0.15) is 66.7 Å². The normalized spacial score (nSPS) is 12.8. The Morgan fingerprint density at radius 2 is 1.25 bits per heavy atom. The summed E-state index contributed by atoms with van der Waals surface area (Å²) in [6.45, 7) is 11.0. The summed E-state index contributed by atoms with van der Waals surface area (Å²) in [7, 11) is 0. The Kier molecular flexibility index (Phi) is 8.99. The second-order valence-corrected chi connectivity index (χ2v) is 4.87. The fourth-order valence-electron chi connectivity index (χ4n) is 1.69. The largest absolute Gasteiger partial charge is 0.0859 e. The summed E-state index contributed by atoms with van der Waals surface area (Å²) in [5.74, 6) is 0. The molecule has 0 fully saturated rings. The van der Waals surface area contributed by atoms with Crippen LogP contribution in [0.2, 0.25) is 0 Å². The third-order valence-electron chi connectivity index (χ3n) is 2.68. The quantitative estimate of drug-likeness (QED) is 0.474. The van der Waals surface area contributed by atoms with Gasteiger partial charge in [-0.1, -0.05) is 41.9 Å². The zero-order valence-electron chi connectivity index (χ0n) is 11.8. The summed E-state index contributed by atoms with van der Waals surface area (Å²) in [4.78, 5) is 0. The highest BCUT2D eigenvalue weighted by Gasteiger charge is 1.91. The van der Waals surface area contributed by atoms with Crippen molar-refractivity contribution in [3.8, 4) is 0 Å². The lowest BCUT2D eigenvalue weighted by molar-refractivity contribution is 0.913. The zero-order chi connectivity index (χ0) is 12.4. The Hall–Kier alpha value is -0.780. The Morgan fingerprint density at radius 3 is 1.75 bits per heavy atom. The van der Waals surface area contributed by atoms with Crippen LogP contribution in [-0.4, -0.2) is 0 Å². The lowest BCUT2D eigenvalue weighted by atomic mass is 10.1. The number of hydrogen-bond acceptors (Lipinski definition) is 0. The lowest BCUT2D eigenvalue weighted by Crippen LogP contribution is -1.80. The molecule has 0 spiro atoms. The van der Waals surface area contributed by atoms with Gasteiger partial charge in [0.2, 0.25) is 0 Å². The SMILES string of the molecule is CC/C=C(/C)CC/C=C(\C)CCC=C(C)C. The molecular formula is C16H28. The van der Waals surface area contributed by atoms with Crippen molar-refractivity contribution >= 4 is 0 Å². The number of rotatable bonds is 7. The van der Waals surface area contributed by atoms with Crippen molar-refractivity contribution in [2.24, 2.45) is 0 Å². The van der Waals surface area contributed by atoms with Crippen LogP contribution in [0.15, 0.2) is 34.9 Å². The van der Waals surface area contributed by atoms with E-state index in [0.717, 1.165) is 6.42 Å². The second kappa shape index (κ2) is 9.45. The molecule has 0 heterocycles. The van der Waals surface area contributed by atoms with Gasteiger partial charge in [0.05, 0.1) is 0 Å². The summed E-state index contributed by atoms with van der Waals surface area (Å²) in [5.41, 5.74) is 4.48. The maximum atomic E-state index is 2.39. The maximum absolute atomic E-state index is 2.39. The highest BCUT2D eigenvalue weighted by Crippen LogP contribution is 2.11. The first kappa shape index (κ1) is 15.2. The molecule has 0 heteroatoms. The van der Waals surface area contributed by atoms with Gasteiger partial charge in [0.15, 0.2) is 0 Å². The monoisotopic (exact) mass is 220 g/mol. The average Bonchev–Trinajstić information content (AvgIpc) is 2.17. The van der Waals surface area contributed by atoms with Gasteiger partial charge in [0.1, 0.15) is 0 Å². The molecule has 0 aromatic heterocycles. The van der Waals surface area contributed by atoms with Crippen LogP contribution in [0.3, 0.4) is 0 Å². The van der Waals surface area contributed by atoms with Crippen molar-refractivity contribution in [1.29, 1.82) is 0 Å². The zero-order valence-corrected chi connectivity index (χ0v) is 11.8. The molecule has 0 aliphatic rings. The molecule has 0 nitrogen and oxygen atoms in total. The third kappa shape index (κ3) is 9.76. The topological polar surface area (TPSA) is 0 Å². The van der Waals surface area contributed by atoms with Crippen molar-refractivity contribution in [3.05, 3.63) is 34.9 Å². The molecule has 0 saturated heterocycles. The van der Waals surface area contributed by atoms with Crippen LogP contribution in [0.4, 0.5) is 0 Å². The highest BCUT2D eigenvalue weighted by molar-refractivity contribution is 5.05. The van der Waals surface area contributed by atoms with Crippen molar-refractivity contribution < 1.29 is 0 Å². The molecule has 0 saturated carbocycles. The van der Waals surface area contributed by atoms with Gasteiger partial charge >= 0.3 is 0 Å². The van der Waals surface area contributed by atoms with Gasteiger partial charge in [-0.15, -0.1) is 0 Å². The minimum absolute atomic E-state index is 1.16. The lowest BCUT2D eigenvalue weighted by Gasteiger charge is -2.00. The summed E-state index contributed by atoms with van der Waals surface area (Å²) in [6.07, 6.45) is 13.0. The first-order valence-electron chi connectivity index (χ1n) is 6.50. The fourth-order valence-corrected chi connectivity index (χ4v) is 1.69. The molecule has 0 aliphatic carbocycles. The van der Waals surface area contributed by atoms with Gasteiger partial charge in [-0.05, 0) is 59.8 Å². The van der Waals surface area contributed by atoms with Crippen molar-refractivity contribution in [3.63, 3.8) is 0 Å². The van der Waals surface area contributed by atoms with Crippen molar-refractivity contribution in [2.75, 3.05) is 0 Å². The van der Waals surface area contributed by atoms with E-state index < -0.39 is 0 Å². The molecule has 92 valence electrons. The molecule has 0 aliphatic heterocycles. The molecule has 0 aromatic rings. The van der Waals surface area contributed by atoms with E-state index in [1.54, 1.807) is 0 Å². The molecule has 0 bridgehead atoms. The molecule has 0 N–H and O–H groups in total. The van der Waals surface area contributed by atoms with Gasteiger partial charge in [0, 0.05) is 0 Å². The van der Waals surface area contributed by atoms with Crippen LogP contribution in [0.5, 0.6) is 0 Å². The van der Waals surface area contributed by atoms with Crippen LogP contribution in [0.25, 0.3) is 0 Å². The van der Waals surface area contributed by atoms with Crippen LogP contribution in [0, 0.1) is 0 Å². The van der Waals surface area contributed by atoms with Gasteiger partial charge in [-0.2, -0.15) is 0 Å². The maximum Gasteiger partial charge on any atom is -0.0288 e. The van der Waals surface area contributed by atoms with Crippen molar-refractivity contribution in [2.45, 2.75) is 66.7 Å². The molecule has 0 rings (SSSR count). The summed E-state index contributed by atoms with van der Waals surface area (Å²) < 4.78 is 0. The Balaban J connectivity index is 3.79. The van der Waals surface area contributed by atoms with E-state index in [1.165, 1.54) is 42.4 Å². The van der Waals surface area contributed by atoms with Gasteiger partial charge in [-0.25, -0.2) is 0 Å². The fraction of sp³-hybridized carbons (Fsp3) is 0.625. The minimum Gasteiger partial charge on any atom is -0.0859 e. The Bertz CT molecular complexity index is 260. The summed E-state index contributed by atoms with van der Waals surface area (Å²) >= 11 is 0. The minimum atomic E-state index is 1.16. The molecule has 0 amide bonds. The molecule has 0 unspecified atom stereocenters. The standard InChI is InChI=1S/C16H28/c1-6-9-15(4)12-8-13-16(5)11-7-10-14(2)3/h9-10,13H,6-8,11-12H2,1-5H3/b15-9-,16-13+. The first-order chi connectivity index (χ1) is 7.56. The Morgan fingerprint density at radius 1 is 0.750 bits per heavy atom. The number of allylic oxidation sites excluding steroid dienone is 6. The summed E-state index contributed by atoms with van der Waals surface area (Å²) in [6, 6.07) is 0. The van der Waals surface area contributed by atoms with Crippen LogP contribution in [-0.2, 0) is 0 Å². The molecule has 0 atom stereocenters. The average molecular weight is 220 g/mol. The van der Waals surface area contributed by atoms with Gasteiger partial charge in [0.25, 0.3) is 0 Å². The number of hydrogen-bond donors (Lipinski definition) is 0. The van der Waals surface area contributed by atoms with E-state index in [1.807, 2.05) is 0 Å². The Labute approximate surface area is 102 Å². The molecule has 0 radical (unpaired) electrons. The first-order valence-corrected chi connectivity index (χ1v) is 6.50.